The van der Waals surface area contributed by atoms with Gasteiger partial charge >= 0.3 is 0 Å². The normalized spacial score (nSPS) is 15.5. The van der Waals surface area contributed by atoms with Crippen LogP contribution in [-0.2, 0) is 4.79 Å². The Morgan fingerprint density at radius 1 is 1.36 bits per heavy atom. The molecule has 0 aromatic heterocycles. The maximum absolute atomic E-state index is 10.2. The van der Waals surface area contributed by atoms with Gasteiger partial charge in [0, 0.05) is 5.57 Å². The number of allylic oxidation sites excluding steroid dienone is 4. The van der Waals surface area contributed by atoms with Gasteiger partial charge in [0.2, 0.25) is 0 Å². The monoisotopic (exact) mass is 168 g/mol. The second-order valence-corrected chi connectivity index (χ2v) is 1.89. The first-order valence-corrected chi connectivity index (χ1v) is 2.77. The molecule has 0 aliphatic heterocycles. The zero-order chi connectivity index (χ0) is 7.56. The molecule has 58 valence electrons. The van der Waals surface area contributed by atoms with Crippen molar-refractivity contribution >= 4 is 31.2 Å². The summed E-state index contributed by atoms with van der Waals surface area (Å²) in [6.45, 7) is 0. The van der Waals surface area contributed by atoms with E-state index in [0.29, 0.717) is 6.29 Å². The Balaban J connectivity index is 0.000001000. The zero-order valence-electron chi connectivity index (χ0n) is 5.72. The highest BCUT2D eigenvalue weighted by molar-refractivity contribution is 7.59. The summed E-state index contributed by atoms with van der Waals surface area (Å²) in [5.41, 5.74) is 0.356. The van der Waals surface area contributed by atoms with E-state index < -0.39 is 0 Å². The summed E-state index contributed by atoms with van der Waals surface area (Å²) in [6, 6.07) is 0. The van der Waals surface area contributed by atoms with Gasteiger partial charge in [0.05, 0.1) is 11.4 Å². The summed E-state index contributed by atoms with van der Waals surface area (Å²) in [7, 11) is 0. The molecular weight excluding hydrogens is 160 g/mol. The van der Waals surface area contributed by atoms with Gasteiger partial charge in [-0.2, -0.15) is 13.5 Å². The van der Waals surface area contributed by atoms with Crippen LogP contribution in [0.1, 0.15) is 0 Å². The summed E-state index contributed by atoms with van der Waals surface area (Å²) in [5, 5.41) is 14.3. The molecule has 0 aromatic rings. The maximum atomic E-state index is 10.2. The predicted octanol–water partition coefficient (Wildman–Crippen LogP) is 0.834. The molecule has 0 atom stereocenters. The van der Waals surface area contributed by atoms with Crippen molar-refractivity contribution in [3.8, 4) is 0 Å². The number of hydrogen-bond donors (Lipinski definition) is 2. The second-order valence-electron chi connectivity index (χ2n) is 1.89. The molecule has 1 aliphatic rings. The lowest BCUT2D eigenvalue weighted by atomic mass is 10.0. The lowest BCUT2D eigenvalue weighted by molar-refractivity contribution is -0.104. The van der Waals surface area contributed by atoms with Crippen LogP contribution in [0.25, 0.3) is 0 Å². The van der Waals surface area contributed by atoms with E-state index in [1.807, 2.05) is 0 Å². The van der Waals surface area contributed by atoms with Gasteiger partial charge in [-0.05, 0) is 12.2 Å². The molecule has 0 aromatic carbocycles. The largest absolute Gasteiger partial charge is 0.299 e. The van der Waals surface area contributed by atoms with Crippen LogP contribution in [0, 0.1) is 10.8 Å². The highest BCUT2D eigenvalue weighted by Gasteiger charge is 2.09. The highest BCUT2D eigenvalue weighted by Crippen LogP contribution is 2.01. The standard InChI is InChI=1S/C7H6N2O.H2S/c8-6-3-1-2-5(4-10)7(6)9;/h1-4,8-9H;1H2. The van der Waals surface area contributed by atoms with Gasteiger partial charge in [0.15, 0.2) is 6.29 Å². The molecule has 0 fully saturated rings. The summed E-state index contributed by atoms with van der Waals surface area (Å²) in [5.74, 6) is 0. The Bertz CT molecular complexity index is 266. The van der Waals surface area contributed by atoms with E-state index in [1.54, 1.807) is 6.08 Å². The van der Waals surface area contributed by atoms with Gasteiger partial charge in [0.1, 0.15) is 0 Å². The highest BCUT2D eigenvalue weighted by atomic mass is 32.1. The fraction of sp³-hybridized carbons (Fsp3) is 0. The van der Waals surface area contributed by atoms with Gasteiger partial charge < -0.3 is 0 Å². The van der Waals surface area contributed by atoms with Crippen LogP contribution < -0.4 is 0 Å². The Kier molecular flexibility index (Phi) is 3.47. The third-order valence-corrected chi connectivity index (χ3v) is 1.22. The molecule has 0 saturated heterocycles. The molecule has 1 aliphatic carbocycles. The van der Waals surface area contributed by atoms with Crippen molar-refractivity contribution in [3.05, 3.63) is 23.8 Å². The Morgan fingerprint density at radius 2 is 2.00 bits per heavy atom. The van der Waals surface area contributed by atoms with Crippen molar-refractivity contribution in [2.45, 2.75) is 0 Å². The first-order valence-electron chi connectivity index (χ1n) is 2.77. The first kappa shape index (κ1) is 9.84. The third-order valence-electron chi connectivity index (χ3n) is 1.22. The van der Waals surface area contributed by atoms with Crippen molar-refractivity contribution in [2.75, 3.05) is 0 Å². The van der Waals surface area contributed by atoms with Crippen LogP contribution in [0.2, 0.25) is 0 Å². The average Bonchev–Trinajstić information content (AvgIpc) is 1.95. The minimum Gasteiger partial charge on any atom is -0.299 e. The van der Waals surface area contributed by atoms with Gasteiger partial charge in [-0.1, -0.05) is 6.08 Å². The predicted molar refractivity (Wildman–Crippen MR) is 49.1 cm³/mol. The molecule has 1 rings (SSSR count). The fourth-order valence-electron chi connectivity index (χ4n) is 0.668. The van der Waals surface area contributed by atoms with Crippen LogP contribution in [-0.4, -0.2) is 17.7 Å². The Labute approximate surface area is 71.3 Å². The molecule has 3 nitrogen and oxygen atoms in total. The molecule has 4 heteroatoms. The van der Waals surface area contributed by atoms with Crippen molar-refractivity contribution in [2.24, 2.45) is 0 Å². The van der Waals surface area contributed by atoms with E-state index in [-0.39, 0.29) is 30.5 Å². The summed E-state index contributed by atoms with van der Waals surface area (Å²) in [6.07, 6.45) is 5.17. The van der Waals surface area contributed by atoms with Gasteiger partial charge in [0.25, 0.3) is 0 Å². The van der Waals surface area contributed by atoms with Crippen molar-refractivity contribution in [1.82, 2.24) is 0 Å². The number of rotatable bonds is 1. The quantitative estimate of drug-likeness (QED) is 0.442. The number of aldehydes is 1. The van der Waals surface area contributed by atoms with Crippen LogP contribution in [0.3, 0.4) is 0 Å². The van der Waals surface area contributed by atoms with E-state index >= 15 is 0 Å². The van der Waals surface area contributed by atoms with Gasteiger partial charge in [-0.25, -0.2) is 0 Å². The second kappa shape index (κ2) is 3.88. The number of hydrogen-bond acceptors (Lipinski definition) is 3. The van der Waals surface area contributed by atoms with E-state index in [0.717, 1.165) is 0 Å². The first-order chi connectivity index (χ1) is 4.75. The lowest BCUT2D eigenvalue weighted by Gasteiger charge is -2.03. The summed E-state index contributed by atoms with van der Waals surface area (Å²) < 4.78 is 0. The van der Waals surface area contributed by atoms with Gasteiger partial charge in [-0.15, -0.1) is 0 Å². The molecular formula is C7H8N2OS. The van der Waals surface area contributed by atoms with Crippen LogP contribution in [0.5, 0.6) is 0 Å². The zero-order valence-corrected chi connectivity index (χ0v) is 6.72. The van der Waals surface area contributed by atoms with E-state index in [1.165, 1.54) is 12.2 Å². The Morgan fingerprint density at radius 3 is 2.45 bits per heavy atom. The van der Waals surface area contributed by atoms with Crippen molar-refractivity contribution in [1.29, 1.82) is 10.8 Å². The molecule has 0 heterocycles. The van der Waals surface area contributed by atoms with Crippen LogP contribution in [0.4, 0.5) is 0 Å². The fourth-order valence-corrected chi connectivity index (χ4v) is 0.668. The number of carbonyl (C=O) groups excluding carboxylic acids is 1. The van der Waals surface area contributed by atoms with Crippen molar-refractivity contribution in [3.63, 3.8) is 0 Å². The average molecular weight is 168 g/mol. The molecule has 0 bridgehead atoms. The molecule has 2 N–H and O–H groups in total. The van der Waals surface area contributed by atoms with Crippen molar-refractivity contribution < 1.29 is 4.79 Å². The van der Waals surface area contributed by atoms with E-state index in [2.05, 4.69) is 0 Å². The molecule has 0 amide bonds. The Hall–Kier alpha value is -1.16. The van der Waals surface area contributed by atoms with E-state index in [4.69, 9.17) is 10.8 Å². The third kappa shape index (κ3) is 1.88. The van der Waals surface area contributed by atoms with Crippen LogP contribution in [0.15, 0.2) is 23.8 Å². The van der Waals surface area contributed by atoms with Crippen LogP contribution >= 0.6 is 13.5 Å². The molecule has 0 spiro atoms. The van der Waals surface area contributed by atoms with Gasteiger partial charge in [-0.3, -0.25) is 15.6 Å². The topological polar surface area (TPSA) is 64.8 Å². The lowest BCUT2D eigenvalue weighted by Crippen LogP contribution is -2.15. The molecule has 0 saturated carbocycles. The SMILES string of the molecule is N=C1C=CC=C(C=O)C1=N.S. The van der Waals surface area contributed by atoms with E-state index in [9.17, 15) is 4.79 Å². The summed E-state index contributed by atoms with van der Waals surface area (Å²) >= 11 is 0. The molecule has 11 heavy (non-hydrogen) atoms. The minimum absolute atomic E-state index is 0. The summed E-state index contributed by atoms with van der Waals surface area (Å²) in [4.78, 5) is 10.2. The minimum atomic E-state index is -0.00231. The molecule has 0 radical (unpaired) electrons. The maximum Gasteiger partial charge on any atom is 0.152 e. The number of carbonyl (C=O) groups is 1. The smallest absolute Gasteiger partial charge is 0.152 e. The molecule has 0 unspecified atom stereocenters. The number of nitrogens with one attached hydrogen (secondary N) is 2.